The lowest BCUT2D eigenvalue weighted by Crippen LogP contribution is -2.45. The number of carboxylic acids is 1. The van der Waals surface area contributed by atoms with E-state index in [4.69, 9.17) is 4.74 Å². The third-order valence-electron chi connectivity index (χ3n) is 9.24. The number of ether oxygens (including phenoxy) is 1. The van der Waals surface area contributed by atoms with E-state index in [2.05, 4.69) is 33.2 Å². The number of carbonyl (C=O) groups excluding carboxylic acids is 2. The number of nitrogens with zero attached hydrogens (tertiary/aromatic N) is 1. The third-order valence-corrected chi connectivity index (χ3v) is 10.3. The number of aryl methyl sites for hydroxylation is 1. The zero-order valence-corrected chi connectivity index (χ0v) is 31.3. The molecule has 0 saturated heterocycles. The number of pyridine rings is 1. The summed E-state index contributed by atoms with van der Waals surface area (Å²) in [7, 11) is 1.59. The average molecular weight is 800 g/mol. The molecule has 0 radical (unpaired) electrons. The first-order valence-corrected chi connectivity index (χ1v) is 17.9. The second-order valence-corrected chi connectivity index (χ2v) is 14.4. The molecular formula is C41H42IN3O6. The lowest BCUT2D eigenvalue weighted by Gasteiger charge is -2.21. The Kier molecular flexibility index (Phi) is 12.0. The number of benzene rings is 4. The van der Waals surface area contributed by atoms with Crippen molar-refractivity contribution in [1.82, 2.24) is 9.88 Å². The quantitative estimate of drug-likeness (QED) is 0.104. The predicted octanol–water partition coefficient (Wildman–Crippen LogP) is 7.02. The van der Waals surface area contributed by atoms with Gasteiger partial charge in [-0.25, -0.2) is 0 Å². The number of fused-ring (bicyclic) bond motifs is 1. The molecule has 1 aromatic heterocycles. The van der Waals surface area contributed by atoms with E-state index in [1.54, 1.807) is 38.6 Å². The van der Waals surface area contributed by atoms with Gasteiger partial charge in [0.2, 0.25) is 11.8 Å². The molecule has 51 heavy (non-hydrogen) atoms. The van der Waals surface area contributed by atoms with Gasteiger partial charge in [0.15, 0.2) is 0 Å². The summed E-state index contributed by atoms with van der Waals surface area (Å²) in [5.74, 6) is -0.967. The van der Waals surface area contributed by atoms with Gasteiger partial charge in [-0.05, 0) is 113 Å². The molecule has 10 heteroatoms. The summed E-state index contributed by atoms with van der Waals surface area (Å²) in [5, 5.41) is 17.5. The summed E-state index contributed by atoms with van der Waals surface area (Å²) in [6.45, 7) is 5.42. The maximum Gasteiger partial charge on any atom is 0.313 e. The minimum Gasteiger partial charge on any atom is -0.497 e. The number of rotatable bonds is 14. The van der Waals surface area contributed by atoms with Gasteiger partial charge in [0.05, 0.1) is 25.5 Å². The Hall–Kier alpha value is -4.97. The SMILES string of the molecule is COc1ccc(Cn2cc(I)c(C)c(NC(=O)C(CCCc3ccc(C(C)(C)C(=O)O)cc3)NC(=O)Cc3ccc4ccccc4c3)c2=O)cc1. The molecule has 264 valence electrons. The summed E-state index contributed by atoms with van der Waals surface area (Å²) in [5.41, 5.74) is 2.85. The normalized spacial score (nSPS) is 11.9. The van der Waals surface area contributed by atoms with Crippen LogP contribution < -0.4 is 20.9 Å². The van der Waals surface area contributed by atoms with Crippen LogP contribution in [0.15, 0.2) is 102 Å². The third kappa shape index (κ3) is 9.23. The van der Waals surface area contributed by atoms with Gasteiger partial charge in [-0.3, -0.25) is 19.2 Å². The molecule has 0 saturated carbocycles. The van der Waals surface area contributed by atoms with E-state index in [1.165, 1.54) is 0 Å². The fourth-order valence-corrected chi connectivity index (χ4v) is 6.49. The van der Waals surface area contributed by atoms with Crippen LogP contribution in [0.4, 0.5) is 5.69 Å². The van der Waals surface area contributed by atoms with E-state index in [0.717, 1.165) is 31.0 Å². The number of hydrogen-bond donors (Lipinski definition) is 3. The van der Waals surface area contributed by atoms with Crippen molar-refractivity contribution in [3.8, 4) is 5.75 Å². The van der Waals surface area contributed by atoms with Crippen LogP contribution in [-0.4, -0.2) is 40.6 Å². The van der Waals surface area contributed by atoms with Gasteiger partial charge in [0.1, 0.15) is 17.5 Å². The lowest BCUT2D eigenvalue weighted by atomic mass is 9.84. The van der Waals surface area contributed by atoms with Crippen LogP contribution in [0, 0.1) is 10.5 Å². The Morgan fingerprint density at radius 1 is 0.902 bits per heavy atom. The van der Waals surface area contributed by atoms with Crippen molar-refractivity contribution in [3.05, 3.63) is 139 Å². The Balaban J connectivity index is 1.34. The number of carbonyl (C=O) groups is 3. The van der Waals surface area contributed by atoms with Crippen molar-refractivity contribution < 1.29 is 24.2 Å². The highest BCUT2D eigenvalue weighted by atomic mass is 127. The van der Waals surface area contributed by atoms with Crippen molar-refractivity contribution in [1.29, 1.82) is 0 Å². The van der Waals surface area contributed by atoms with Crippen LogP contribution in [-0.2, 0) is 39.2 Å². The van der Waals surface area contributed by atoms with Crippen LogP contribution in [0.2, 0.25) is 0 Å². The van der Waals surface area contributed by atoms with E-state index in [0.29, 0.717) is 42.7 Å². The second-order valence-electron chi connectivity index (χ2n) is 13.2. The molecule has 4 aromatic carbocycles. The predicted molar refractivity (Wildman–Crippen MR) is 209 cm³/mol. The monoisotopic (exact) mass is 799 g/mol. The number of carboxylic acid groups (broad SMARTS) is 1. The largest absolute Gasteiger partial charge is 0.497 e. The minimum atomic E-state index is -1.02. The summed E-state index contributed by atoms with van der Waals surface area (Å²) >= 11 is 2.15. The number of hydrogen-bond acceptors (Lipinski definition) is 5. The van der Waals surface area contributed by atoms with Crippen molar-refractivity contribution >= 4 is 56.8 Å². The standard InChI is InChI=1S/C41H42IN3O6/c1-26-34(42)25-45(24-28-15-20-33(51-4)21-16-28)39(48)37(26)44-38(47)35(11-7-8-27-13-18-32(19-14-27)41(2,3)40(49)50)43-36(46)23-29-12-17-30-9-5-6-10-31(30)22-29/h5-6,9-10,12-22,25,35H,7-8,11,23-24H2,1-4H3,(H,43,46)(H,44,47)(H,49,50). The zero-order valence-electron chi connectivity index (χ0n) is 29.2. The summed E-state index contributed by atoms with van der Waals surface area (Å²) in [6, 6.07) is 27.7. The number of methoxy groups -OCH3 is 1. The van der Waals surface area contributed by atoms with Crippen LogP contribution in [0.3, 0.4) is 0 Å². The lowest BCUT2D eigenvalue weighted by molar-refractivity contribution is -0.142. The highest BCUT2D eigenvalue weighted by Crippen LogP contribution is 2.25. The number of halogens is 1. The summed E-state index contributed by atoms with van der Waals surface area (Å²) in [6.07, 6.45) is 3.34. The molecule has 5 rings (SSSR count). The van der Waals surface area contributed by atoms with Crippen LogP contribution in [0.25, 0.3) is 10.8 Å². The van der Waals surface area contributed by atoms with E-state index >= 15 is 0 Å². The van der Waals surface area contributed by atoms with Crippen LogP contribution in [0.1, 0.15) is 54.5 Å². The molecule has 1 unspecified atom stereocenters. The average Bonchev–Trinajstić information content (AvgIpc) is 3.12. The Bertz CT molecular complexity index is 2110. The van der Waals surface area contributed by atoms with Gasteiger partial charge in [-0.1, -0.05) is 78.9 Å². The van der Waals surface area contributed by atoms with Gasteiger partial charge >= 0.3 is 5.97 Å². The molecular weight excluding hydrogens is 757 g/mol. The Labute approximate surface area is 311 Å². The van der Waals surface area contributed by atoms with E-state index in [1.807, 2.05) is 91.0 Å². The molecule has 9 nitrogen and oxygen atoms in total. The van der Waals surface area contributed by atoms with Crippen LogP contribution >= 0.6 is 22.6 Å². The number of aliphatic carboxylic acids is 1. The topological polar surface area (TPSA) is 127 Å². The maximum atomic E-state index is 13.9. The molecule has 2 amide bonds. The van der Waals surface area contributed by atoms with Gasteiger partial charge in [0.25, 0.3) is 5.56 Å². The molecule has 0 aliphatic heterocycles. The summed E-state index contributed by atoms with van der Waals surface area (Å²) < 4.78 is 7.62. The number of anilines is 1. The van der Waals surface area contributed by atoms with Gasteiger partial charge in [0, 0.05) is 9.77 Å². The first-order valence-electron chi connectivity index (χ1n) is 16.8. The highest BCUT2D eigenvalue weighted by Gasteiger charge is 2.29. The van der Waals surface area contributed by atoms with Crippen LogP contribution in [0.5, 0.6) is 5.75 Å². The minimum absolute atomic E-state index is 0.0897. The maximum absolute atomic E-state index is 13.9. The molecule has 1 heterocycles. The zero-order chi connectivity index (χ0) is 36.7. The first-order chi connectivity index (χ1) is 24.3. The second kappa shape index (κ2) is 16.4. The fraction of sp³-hybridized carbons (Fsp3) is 0.268. The molecule has 0 aliphatic rings. The van der Waals surface area contributed by atoms with Crippen molar-refractivity contribution in [3.63, 3.8) is 0 Å². The van der Waals surface area contributed by atoms with Crippen molar-refractivity contribution in [2.24, 2.45) is 0 Å². The molecule has 0 bridgehead atoms. The summed E-state index contributed by atoms with van der Waals surface area (Å²) in [4.78, 5) is 52.8. The van der Waals surface area contributed by atoms with Gasteiger partial charge in [-0.15, -0.1) is 0 Å². The van der Waals surface area contributed by atoms with E-state index in [9.17, 15) is 24.3 Å². The van der Waals surface area contributed by atoms with E-state index in [-0.39, 0.29) is 23.6 Å². The fourth-order valence-electron chi connectivity index (χ4n) is 5.89. The van der Waals surface area contributed by atoms with Crippen molar-refractivity contribution in [2.75, 3.05) is 12.4 Å². The molecule has 0 fully saturated rings. The molecule has 5 aromatic rings. The number of aromatic nitrogens is 1. The van der Waals surface area contributed by atoms with Gasteiger partial charge in [-0.2, -0.15) is 0 Å². The first kappa shape index (κ1) is 37.3. The Morgan fingerprint density at radius 2 is 1.55 bits per heavy atom. The number of amides is 2. The van der Waals surface area contributed by atoms with Crippen molar-refractivity contribution in [2.45, 2.75) is 64.5 Å². The molecule has 3 N–H and O–H groups in total. The molecule has 0 aliphatic carbocycles. The molecule has 1 atom stereocenters. The molecule has 0 spiro atoms. The number of nitrogens with one attached hydrogen (secondary N) is 2. The van der Waals surface area contributed by atoms with Gasteiger partial charge < -0.3 is 25.0 Å². The van der Waals surface area contributed by atoms with E-state index < -0.39 is 23.3 Å². The Morgan fingerprint density at radius 3 is 2.22 bits per heavy atom. The highest BCUT2D eigenvalue weighted by molar-refractivity contribution is 14.1. The smallest absolute Gasteiger partial charge is 0.313 e.